The van der Waals surface area contributed by atoms with Gasteiger partial charge in [0.1, 0.15) is 6.04 Å². The molecule has 0 aliphatic rings. The minimum Gasteiger partial charge on any atom is -0.468 e. The Balaban J connectivity index is 2.48. The van der Waals surface area contributed by atoms with Gasteiger partial charge in [-0.15, -0.1) is 0 Å². The lowest BCUT2D eigenvalue weighted by Gasteiger charge is -2.23. The summed E-state index contributed by atoms with van der Waals surface area (Å²) >= 11 is 0. The molecule has 0 heterocycles. The highest BCUT2D eigenvalue weighted by molar-refractivity contribution is 5.75. The number of hydrogen-bond donors (Lipinski definition) is 3. The van der Waals surface area contributed by atoms with Crippen LogP contribution in [0.25, 0.3) is 0 Å². The van der Waals surface area contributed by atoms with Gasteiger partial charge in [-0.05, 0) is 24.3 Å². The number of carbonyl (C=O) groups is 1. The van der Waals surface area contributed by atoms with Crippen LogP contribution in [-0.4, -0.2) is 42.9 Å². The number of aliphatic hydroxyl groups is 1. The Bertz CT molecular complexity index is 437. The van der Waals surface area contributed by atoms with Gasteiger partial charge in [-0.1, -0.05) is 44.2 Å². The first-order chi connectivity index (χ1) is 10.4. The third kappa shape index (κ3) is 6.56. The van der Waals surface area contributed by atoms with Crippen LogP contribution in [0.3, 0.4) is 0 Å². The second-order valence-corrected chi connectivity index (χ2v) is 6.03. The molecule has 1 aromatic rings. The average Bonchev–Trinajstić information content (AvgIpc) is 2.50. The summed E-state index contributed by atoms with van der Waals surface area (Å²) in [4.78, 5) is 11.7. The maximum atomic E-state index is 11.7. The molecule has 1 rings (SSSR count). The zero-order valence-corrected chi connectivity index (χ0v) is 13.7. The Labute approximate surface area is 132 Å². The number of benzene rings is 1. The highest BCUT2D eigenvalue weighted by Crippen LogP contribution is 2.08. The van der Waals surface area contributed by atoms with Crippen LogP contribution in [0.15, 0.2) is 30.3 Å². The van der Waals surface area contributed by atoms with Gasteiger partial charge in [-0.3, -0.25) is 4.79 Å². The number of esters is 1. The van der Waals surface area contributed by atoms with E-state index in [2.05, 4.69) is 5.32 Å². The van der Waals surface area contributed by atoms with Crippen molar-refractivity contribution in [1.29, 1.82) is 0 Å². The fourth-order valence-electron chi connectivity index (χ4n) is 2.31. The molecular weight excluding hydrogens is 280 g/mol. The summed E-state index contributed by atoms with van der Waals surface area (Å²) in [6, 6.07) is 9.01. The van der Waals surface area contributed by atoms with Crippen LogP contribution >= 0.6 is 0 Å². The zero-order valence-electron chi connectivity index (χ0n) is 13.7. The Kier molecular flexibility index (Phi) is 8.09. The van der Waals surface area contributed by atoms with Crippen molar-refractivity contribution in [1.82, 2.24) is 5.32 Å². The fourth-order valence-corrected chi connectivity index (χ4v) is 2.31. The van der Waals surface area contributed by atoms with Crippen molar-refractivity contribution >= 4 is 5.97 Å². The molecule has 0 saturated carbocycles. The number of hydrogen-bond acceptors (Lipinski definition) is 5. The number of ether oxygens (including phenoxy) is 1. The molecule has 0 bridgehead atoms. The van der Waals surface area contributed by atoms with Crippen LogP contribution in [0.1, 0.15) is 25.8 Å². The van der Waals surface area contributed by atoms with E-state index in [9.17, 15) is 9.90 Å². The van der Waals surface area contributed by atoms with E-state index >= 15 is 0 Å². The molecule has 0 aliphatic carbocycles. The fraction of sp³-hybridized carbons (Fsp3) is 0.588. The predicted octanol–water partition coefficient (Wildman–Crippen LogP) is 1.09. The van der Waals surface area contributed by atoms with E-state index in [1.165, 1.54) is 7.11 Å². The minimum absolute atomic E-state index is 0.264. The Hall–Kier alpha value is -1.43. The average molecular weight is 308 g/mol. The summed E-state index contributed by atoms with van der Waals surface area (Å²) < 4.78 is 4.79. The molecule has 4 N–H and O–H groups in total. The quantitative estimate of drug-likeness (QED) is 0.595. The Morgan fingerprint density at radius 2 is 1.95 bits per heavy atom. The standard InChI is InChI=1S/C17H28N2O3/c1-12(2)9-15(17(21)22-3)19-11-16(20)14(18)10-13-7-5-4-6-8-13/h4-8,12,14-16,19-20H,9-11,18H2,1-3H3/t14-,15+,16+/m1/s1. The minimum atomic E-state index is -0.723. The van der Waals surface area contributed by atoms with Crippen LogP contribution in [0.4, 0.5) is 0 Å². The summed E-state index contributed by atoms with van der Waals surface area (Å²) in [5.74, 6) is 0.0456. The number of carbonyl (C=O) groups excluding carboxylic acids is 1. The summed E-state index contributed by atoms with van der Waals surface area (Å²) in [7, 11) is 1.37. The van der Waals surface area contributed by atoms with Crippen molar-refractivity contribution in [3.05, 3.63) is 35.9 Å². The molecule has 1 aromatic carbocycles. The first-order valence-electron chi connectivity index (χ1n) is 7.72. The van der Waals surface area contributed by atoms with Crippen LogP contribution in [-0.2, 0) is 16.0 Å². The van der Waals surface area contributed by atoms with E-state index in [4.69, 9.17) is 10.5 Å². The maximum absolute atomic E-state index is 11.7. The Morgan fingerprint density at radius 3 is 2.50 bits per heavy atom. The molecule has 0 fully saturated rings. The molecule has 0 amide bonds. The van der Waals surface area contributed by atoms with E-state index < -0.39 is 12.1 Å². The molecule has 5 heteroatoms. The van der Waals surface area contributed by atoms with Crippen molar-refractivity contribution in [2.24, 2.45) is 11.7 Å². The second-order valence-electron chi connectivity index (χ2n) is 6.03. The Morgan fingerprint density at radius 1 is 1.32 bits per heavy atom. The van der Waals surface area contributed by atoms with Gasteiger partial charge in [0.15, 0.2) is 0 Å². The van der Waals surface area contributed by atoms with Crippen LogP contribution in [0.5, 0.6) is 0 Å². The topological polar surface area (TPSA) is 84.6 Å². The molecule has 0 unspecified atom stereocenters. The molecule has 0 radical (unpaired) electrons. The number of nitrogens with two attached hydrogens (primary N) is 1. The molecule has 3 atom stereocenters. The van der Waals surface area contributed by atoms with Gasteiger partial charge in [0.05, 0.1) is 13.2 Å². The van der Waals surface area contributed by atoms with Crippen molar-refractivity contribution in [3.63, 3.8) is 0 Å². The van der Waals surface area contributed by atoms with Gasteiger partial charge in [-0.2, -0.15) is 0 Å². The summed E-state index contributed by atoms with van der Waals surface area (Å²) in [5, 5.41) is 13.2. The second kappa shape index (κ2) is 9.56. The number of methoxy groups -OCH3 is 1. The van der Waals surface area contributed by atoms with Crippen molar-refractivity contribution in [2.75, 3.05) is 13.7 Å². The predicted molar refractivity (Wildman–Crippen MR) is 87.4 cm³/mol. The third-order valence-corrected chi connectivity index (χ3v) is 3.57. The molecule has 0 aromatic heterocycles. The summed E-state index contributed by atoms with van der Waals surface area (Å²) in [5.41, 5.74) is 7.12. The molecule has 22 heavy (non-hydrogen) atoms. The van der Waals surface area contributed by atoms with Gasteiger partial charge in [0, 0.05) is 12.6 Å². The molecule has 0 spiro atoms. The normalized spacial score (nSPS) is 15.4. The molecule has 5 nitrogen and oxygen atoms in total. The van der Waals surface area contributed by atoms with E-state index in [-0.39, 0.29) is 18.6 Å². The third-order valence-electron chi connectivity index (χ3n) is 3.57. The maximum Gasteiger partial charge on any atom is 0.322 e. The lowest BCUT2D eigenvalue weighted by Crippen LogP contribution is -2.48. The SMILES string of the molecule is COC(=O)[C@H](CC(C)C)NC[C@H](O)[C@H](N)Cc1ccccc1. The molecule has 0 aliphatic heterocycles. The van der Waals surface area contributed by atoms with Crippen molar-refractivity contribution in [2.45, 2.75) is 44.9 Å². The molecular formula is C17H28N2O3. The molecule has 0 saturated heterocycles. The monoisotopic (exact) mass is 308 g/mol. The van der Waals surface area contributed by atoms with Gasteiger partial charge in [0.25, 0.3) is 0 Å². The number of rotatable bonds is 9. The lowest BCUT2D eigenvalue weighted by atomic mass is 10.0. The van der Waals surface area contributed by atoms with Crippen molar-refractivity contribution < 1.29 is 14.6 Å². The van der Waals surface area contributed by atoms with Gasteiger partial charge in [0.2, 0.25) is 0 Å². The van der Waals surface area contributed by atoms with Crippen LogP contribution < -0.4 is 11.1 Å². The highest BCUT2D eigenvalue weighted by Gasteiger charge is 2.23. The van der Waals surface area contributed by atoms with Crippen molar-refractivity contribution in [3.8, 4) is 0 Å². The van der Waals surface area contributed by atoms with Gasteiger partial charge < -0.3 is 20.9 Å². The highest BCUT2D eigenvalue weighted by atomic mass is 16.5. The van der Waals surface area contributed by atoms with Crippen LogP contribution in [0.2, 0.25) is 0 Å². The van der Waals surface area contributed by atoms with E-state index in [1.54, 1.807) is 0 Å². The summed E-state index contributed by atoms with van der Waals surface area (Å²) in [6.07, 6.45) is 0.531. The number of aliphatic hydroxyl groups excluding tert-OH is 1. The van der Waals surface area contributed by atoms with Gasteiger partial charge in [-0.25, -0.2) is 0 Å². The molecule has 124 valence electrons. The smallest absolute Gasteiger partial charge is 0.322 e. The van der Waals surface area contributed by atoms with Crippen LogP contribution in [0, 0.1) is 5.92 Å². The van der Waals surface area contributed by atoms with E-state index in [0.717, 1.165) is 5.56 Å². The lowest BCUT2D eigenvalue weighted by molar-refractivity contribution is -0.143. The van der Waals surface area contributed by atoms with E-state index in [0.29, 0.717) is 18.8 Å². The first kappa shape index (κ1) is 18.6. The zero-order chi connectivity index (χ0) is 16.5. The summed E-state index contributed by atoms with van der Waals surface area (Å²) in [6.45, 7) is 4.34. The van der Waals surface area contributed by atoms with Gasteiger partial charge >= 0.3 is 5.97 Å². The number of nitrogens with one attached hydrogen (secondary N) is 1. The largest absolute Gasteiger partial charge is 0.468 e. The van der Waals surface area contributed by atoms with E-state index in [1.807, 2.05) is 44.2 Å². The first-order valence-corrected chi connectivity index (χ1v) is 7.72.